The van der Waals surface area contributed by atoms with Crippen molar-refractivity contribution in [3.05, 3.63) is 18.5 Å². The van der Waals surface area contributed by atoms with Crippen molar-refractivity contribution in [3.63, 3.8) is 0 Å². The van der Waals surface area contributed by atoms with Gasteiger partial charge < -0.3 is 15.8 Å². The number of nitrogens with zero attached hydrogens (tertiary/aromatic N) is 1. The maximum Gasteiger partial charge on any atom is 0.490 e. The molecular weight excluding hydrogens is 166 g/mol. The van der Waals surface area contributed by atoms with Gasteiger partial charge in [-0.25, -0.2) is 0 Å². The number of hydrogen-bond donors (Lipinski definition) is 3. The first-order chi connectivity index (χ1) is 4.72. The molecule has 0 aliphatic heterocycles. The summed E-state index contributed by atoms with van der Waals surface area (Å²) in [6.45, 7) is 0. The number of nitrogen functional groups attached to an aromatic ring is 1. The number of aromatic nitrogens is 1. The van der Waals surface area contributed by atoms with Gasteiger partial charge in [-0.2, -0.15) is 0 Å². The summed E-state index contributed by atoms with van der Waals surface area (Å²) in [5, 5.41) is 17.3. The Kier molecular flexibility index (Phi) is 3.88. The highest BCUT2D eigenvalue weighted by Crippen LogP contribution is 1.92. The molecule has 0 atom stereocenters. The first-order valence-corrected chi connectivity index (χ1v) is 2.77. The Morgan fingerprint density at radius 2 is 2.09 bits per heavy atom. The van der Waals surface area contributed by atoms with Gasteiger partial charge in [-0.15, -0.1) is 12.4 Å². The zero-order valence-corrected chi connectivity index (χ0v) is 6.45. The van der Waals surface area contributed by atoms with Crippen LogP contribution >= 0.6 is 12.4 Å². The third-order valence-corrected chi connectivity index (χ3v) is 1.17. The van der Waals surface area contributed by atoms with Crippen LogP contribution in [0.1, 0.15) is 0 Å². The third-order valence-electron chi connectivity index (χ3n) is 1.17. The van der Waals surface area contributed by atoms with Crippen LogP contribution in [0.2, 0.25) is 0 Å². The van der Waals surface area contributed by atoms with Crippen LogP contribution in [0.4, 0.5) is 5.69 Å². The second-order valence-corrected chi connectivity index (χ2v) is 1.88. The molecule has 4 nitrogen and oxygen atoms in total. The molecule has 1 aromatic rings. The van der Waals surface area contributed by atoms with E-state index in [1.807, 2.05) is 0 Å². The van der Waals surface area contributed by atoms with E-state index in [0.29, 0.717) is 0 Å². The summed E-state index contributed by atoms with van der Waals surface area (Å²) in [5.41, 5.74) is 5.92. The summed E-state index contributed by atoms with van der Waals surface area (Å²) in [5.74, 6) is 0. The van der Waals surface area contributed by atoms with Gasteiger partial charge in [0.2, 0.25) is 0 Å². The fourth-order valence-electron chi connectivity index (χ4n) is 0.653. The molecule has 1 aromatic heterocycles. The highest BCUT2D eigenvalue weighted by molar-refractivity contribution is 6.60. The minimum Gasteiger partial charge on any atom is -0.423 e. The van der Waals surface area contributed by atoms with Crippen molar-refractivity contribution in [3.8, 4) is 0 Å². The van der Waals surface area contributed by atoms with E-state index in [1.54, 1.807) is 0 Å². The van der Waals surface area contributed by atoms with E-state index >= 15 is 0 Å². The van der Waals surface area contributed by atoms with E-state index in [4.69, 9.17) is 15.8 Å². The lowest BCUT2D eigenvalue weighted by Gasteiger charge is -2.00. The molecule has 11 heavy (non-hydrogen) atoms. The predicted molar refractivity (Wildman–Crippen MR) is 45.7 cm³/mol. The van der Waals surface area contributed by atoms with Crippen LogP contribution in [0.25, 0.3) is 0 Å². The molecule has 0 bridgehead atoms. The zero-order chi connectivity index (χ0) is 7.56. The van der Waals surface area contributed by atoms with Gasteiger partial charge in [0.25, 0.3) is 0 Å². The summed E-state index contributed by atoms with van der Waals surface area (Å²) in [6.07, 6.45) is 2.82. The minimum atomic E-state index is -1.51. The molecule has 0 aromatic carbocycles. The smallest absolute Gasteiger partial charge is 0.423 e. The summed E-state index contributed by atoms with van der Waals surface area (Å²) in [4.78, 5) is 3.68. The maximum atomic E-state index is 8.65. The fraction of sp³-hybridized carbons (Fsp3) is 0. The molecule has 0 aliphatic rings. The van der Waals surface area contributed by atoms with Crippen LogP contribution in [0.5, 0.6) is 0 Å². The van der Waals surface area contributed by atoms with Crippen LogP contribution in [-0.4, -0.2) is 22.2 Å². The number of rotatable bonds is 1. The molecule has 0 spiro atoms. The van der Waals surface area contributed by atoms with Gasteiger partial charge in [-0.1, -0.05) is 0 Å². The highest BCUT2D eigenvalue weighted by Gasteiger charge is 2.12. The summed E-state index contributed by atoms with van der Waals surface area (Å²) in [6, 6.07) is 1.46. The molecule has 0 saturated heterocycles. The molecular formula is C5H8BClN2O2. The Morgan fingerprint density at radius 3 is 2.45 bits per heavy atom. The van der Waals surface area contributed by atoms with Crippen LogP contribution in [0, 0.1) is 0 Å². The van der Waals surface area contributed by atoms with E-state index in [0.717, 1.165) is 0 Å². The largest absolute Gasteiger partial charge is 0.490 e. The molecule has 0 aliphatic carbocycles. The Labute approximate surface area is 70.6 Å². The van der Waals surface area contributed by atoms with Crippen molar-refractivity contribution in [1.29, 1.82) is 0 Å². The fourth-order valence-corrected chi connectivity index (χ4v) is 0.653. The first-order valence-electron chi connectivity index (χ1n) is 2.77. The molecule has 1 rings (SSSR count). The molecule has 4 N–H and O–H groups in total. The van der Waals surface area contributed by atoms with Gasteiger partial charge in [0.1, 0.15) is 0 Å². The van der Waals surface area contributed by atoms with E-state index < -0.39 is 7.12 Å². The summed E-state index contributed by atoms with van der Waals surface area (Å²) in [7, 11) is -1.51. The topological polar surface area (TPSA) is 79.4 Å². The number of anilines is 1. The number of pyridine rings is 1. The highest BCUT2D eigenvalue weighted by atomic mass is 35.5. The third kappa shape index (κ3) is 2.38. The second-order valence-electron chi connectivity index (χ2n) is 1.88. The van der Waals surface area contributed by atoms with Gasteiger partial charge >= 0.3 is 7.12 Å². The molecule has 0 fully saturated rings. The molecule has 0 saturated carbocycles. The standard InChI is InChI=1S/C5H7BN2O2.ClH/c7-5-3-8-2-1-4(5)6(9)10;/h1-3,9-10H,7H2;1H. The average Bonchev–Trinajstić information content (AvgIpc) is 1.88. The predicted octanol–water partition coefficient (Wildman–Crippen LogP) is -1.23. The van der Waals surface area contributed by atoms with Crippen LogP contribution < -0.4 is 11.2 Å². The summed E-state index contributed by atoms with van der Waals surface area (Å²) >= 11 is 0. The quantitative estimate of drug-likeness (QED) is 0.466. The van der Waals surface area contributed by atoms with Crippen LogP contribution in [-0.2, 0) is 0 Å². The van der Waals surface area contributed by atoms with E-state index in [-0.39, 0.29) is 23.6 Å². The minimum absolute atomic E-state index is 0. The molecule has 0 radical (unpaired) electrons. The van der Waals surface area contributed by atoms with Gasteiger partial charge in [-0.05, 0) is 6.07 Å². The lowest BCUT2D eigenvalue weighted by molar-refractivity contribution is 0.426. The maximum absolute atomic E-state index is 8.65. The Balaban J connectivity index is 0.000001000. The lowest BCUT2D eigenvalue weighted by atomic mass is 9.80. The Hall–Kier alpha value is -0.775. The SMILES string of the molecule is Cl.Nc1cnccc1B(O)O. The number of halogens is 1. The monoisotopic (exact) mass is 174 g/mol. The van der Waals surface area contributed by atoms with Crippen LogP contribution in [0.3, 0.4) is 0 Å². The van der Waals surface area contributed by atoms with Gasteiger partial charge in [0.15, 0.2) is 0 Å². The number of nitrogens with two attached hydrogens (primary N) is 1. The van der Waals surface area contributed by atoms with E-state index in [2.05, 4.69) is 4.98 Å². The van der Waals surface area contributed by atoms with Crippen molar-refractivity contribution < 1.29 is 10.0 Å². The molecule has 60 valence electrons. The van der Waals surface area contributed by atoms with Crippen LogP contribution in [0.15, 0.2) is 18.5 Å². The second kappa shape index (κ2) is 4.18. The number of hydrogen-bond acceptors (Lipinski definition) is 4. The average molecular weight is 174 g/mol. The lowest BCUT2D eigenvalue weighted by Crippen LogP contribution is -2.32. The molecule has 6 heteroatoms. The Morgan fingerprint density at radius 1 is 1.45 bits per heavy atom. The van der Waals surface area contributed by atoms with E-state index in [9.17, 15) is 0 Å². The van der Waals surface area contributed by atoms with Crippen molar-refractivity contribution in [2.75, 3.05) is 5.73 Å². The van der Waals surface area contributed by atoms with Gasteiger partial charge in [0, 0.05) is 23.5 Å². The molecule has 1 heterocycles. The first kappa shape index (κ1) is 10.2. The molecule has 0 amide bonds. The molecule has 0 unspecified atom stereocenters. The van der Waals surface area contributed by atoms with Crippen molar-refractivity contribution >= 4 is 30.7 Å². The normalized spacial score (nSPS) is 8.55. The van der Waals surface area contributed by atoms with E-state index in [1.165, 1.54) is 18.5 Å². The summed E-state index contributed by atoms with van der Waals surface area (Å²) < 4.78 is 0. The van der Waals surface area contributed by atoms with Crippen molar-refractivity contribution in [2.45, 2.75) is 0 Å². The van der Waals surface area contributed by atoms with Crippen molar-refractivity contribution in [2.24, 2.45) is 0 Å². The van der Waals surface area contributed by atoms with Gasteiger partial charge in [0.05, 0.1) is 0 Å². The van der Waals surface area contributed by atoms with Crippen molar-refractivity contribution in [1.82, 2.24) is 4.98 Å². The Bertz CT molecular complexity index is 233. The van der Waals surface area contributed by atoms with Gasteiger partial charge in [-0.3, -0.25) is 4.98 Å². The zero-order valence-electron chi connectivity index (χ0n) is 5.64.